The lowest BCUT2D eigenvalue weighted by Gasteiger charge is -2.02. The minimum atomic E-state index is -0.537. The number of hydrogen-bond acceptors (Lipinski definition) is 7. The quantitative estimate of drug-likeness (QED) is 0.306. The number of benzene rings is 3. The van der Waals surface area contributed by atoms with Gasteiger partial charge in [-0.2, -0.15) is 0 Å². The molecule has 0 aliphatic rings. The summed E-state index contributed by atoms with van der Waals surface area (Å²) in [4.78, 5) is 38.7. The first-order valence-electron chi connectivity index (χ1n) is 9.29. The summed E-state index contributed by atoms with van der Waals surface area (Å²) in [5.74, 6) is -0.455. The third-order valence-corrected chi connectivity index (χ3v) is 5.60. The Hall–Kier alpha value is -4.44. The Morgan fingerprint density at radius 1 is 0.781 bits per heavy atom. The van der Waals surface area contributed by atoms with Crippen molar-refractivity contribution in [1.29, 1.82) is 0 Å². The molecule has 1 amide bonds. The van der Waals surface area contributed by atoms with Crippen LogP contribution in [0, 0.1) is 20.2 Å². The Balaban J connectivity index is 1.68. The minimum absolute atomic E-state index is 0.0306. The van der Waals surface area contributed by atoms with Gasteiger partial charge in [0.05, 0.1) is 20.4 Å². The fourth-order valence-corrected chi connectivity index (χ4v) is 3.99. The maximum Gasteiger partial charge on any atom is 0.269 e. The van der Waals surface area contributed by atoms with Crippen molar-refractivity contribution in [3.8, 4) is 21.7 Å². The molecule has 1 aromatic heterocycles. The average Bonchev–Trinajstić information content (AvgIpc) is 3.23. The Morgan fingerprint density at radius 3 is 1.91 bits per heavy atom. The molecular weight excluding hydrogens is 432 g/mol. The summed E-state index contributed by atoms with van der Waals surface area (Å²) in [6.45, 7) is 0. The number of nitro groups is 2. The van der Waals surface area contributed by atoms with Crippen LogP contribution in [0.1, 0.15) is 10.4 Å². The van der Waals surface area contributed by atoms with E-state index < -0.39 is 15.8 Å². The van der Waals surface area contributed by atoms with Gasteiger partial charge >= 0.3 is 0 Å². The number of thiazole rings is 1. The minimum Gasteiger partial charge on any atom is -0.298 e. The van der Waals surface area contributed by atoms with Crippen LogP contribution in [0.15, 0.2) is 78.9 Å². The number of hydrogen-bond donors (Lipinski definition) is 1. The summed E-state index contributed by atoms with van der Waals surface area (Å²) in [5.41, 5.74) is 2.24. The van der Waals surface area contributed by atoms with Crippen LogP contribution in [0.25, 0.3) is 21.7 Å². The van der Waals surface area contributed by atoms with Crippen LogP contribution < -0.4 is 5.32 Å². The first kappa shape index (κ1) is 20.8. The van der Waals surface area contributed by atoms with Gasteiger partial charge in [-0.3, -0.25) is 30.3 Å². The van der Waals surface area contributed by atoms with E-state index in [4.69, 9.17) is 0 Å². The predicted octanol–water partition coefficient (Wildman–Crippen LogP) is 5.55. The van der Waals surface area contributed by atoms with Gasteiger partial charge in [0, 0.05) is 35.4 Å². The highest BCUT2D eigenvalue weighted by atomic mass is 32.1. The fraction of sp³-hybridized carbons (Fsp3) is 0. The van der Waals surface area contributed by atoms with Crippen molar-refractivity contribution in [2.24, 2.45) is 0 Å². The number of nitrogens with one attached hydrogen (secondary N) is 1. The normalized spacial score (nSPS) is 10.5. The smallest absolute Gasteiger partial charge is 0.269 e. The molecule has 4 aromatic rings. The van der Waals surface area contributed by atoms with Crippen molar-refractivity contribution in [2.45, 2.75) is 0 Å². The first-order chi connectivity index (χ1) is 15.4. The second-order valence-electron chi connectivity index (χ2n) is 6.62. The van der Waals surface area contributed by atoms with Gasteiger partial charge in [0.15, 0.2) is 5.13 Å². The van der Waals surface area contributed by atoms with Crippen molar-refractivity contribution < 1.29 is 14.6 Å². The van der Waals surface area contributed by atoms with Gasteiger partial charge in [-0.05, 0) is 29.8 Å². The van der Waals surface area contributed by atoms with Crippen LogP contribution in [-0.2, 0) is 0 Å². The van der Waals surface area contributed by atoms with Gasteiger partial charge in [0.25, 0.3) is 17.3 Å². The third-order valence-electron chi connectivity index (χ3n) is 4.58. The molecule has 0 aliphatic heterocycles. The molecule has 0 fully saturated rings. The number of amides is 1. The van der Waals surface area contributed by atoms with E-state index in [2.05, 4.69) is 10.3 Å². The summed E-state index contributed by atoms with van der Waals surface area (Å²) >= 11 is 1.26. The highest BCUT2D eigenvalue weighted by Crippen LogP contribution is 2.39. The molecule has 0 saturated carbocycles. The second kappa shape index (κ2) is 8.74. The molecule has 3 aromatic carbocycles. The average molecular weight is 446 g/mol. The van der Waals surface area contributed by atoms with Crippen LogP contribution in [-0.4, -0.2) is 20.7 Å². The van der Waals surface area contributed by atoms with E-state index in [9.17, 15) is 25.0 Å². The lowest BCUT2D eigenvalue weighted by molar-refractivity contribution is -0.385. The van der Waals surface area contributed by atoms with E-state index in [1.165, 1.54) is 47.7 Å². The summed E-state index contributed by atoms with van der Waals surface area (Å²) in [6, 6.07) is 20.7. The van der Waals surface area contributed by atoms with Gasteiger partial charge in [0.2, 0.25) is 0 Å². The van der Waals surface area contributed by atoms with E-state index in [1.54, 1.807) is 12.1 Å². The number of non-ortho nitro benzene ring substituents is 2. The maximum atomic E-state index is 12.6. The first-order valence-corrected chi connectivity index (χ1v) is 10.1. The third kappa shape index (κ3) is 4.35. The number of rotatable bonds is 6. The number of carbonyl (C=O) groups excluding carboxylic acids is 1. The Kier molecular flexibility index (Phi) is 5.69. The van der Waals surface area contributed by atoms with Crippen LogP contribution >= 0.6 is 11.3 Å². The molecule has 0 bridgehead atoms. The highest BCUT2D eigenvalue weighted by molar-refractivity contribution is 7.19. The molecule has 32 heavy (non-hydrogen) atoms. The molecule has 1 N–H and O–H groups in total. The topological polar surface area (TPSA) is 128 Å². The van der Waals surface area contributed by atoms with Crippen LogP contribution in [0.4, 0.5) is 16.5 Å². The molecule has 1 heterocycles. The zero-order valence-corrected chi connectivity index (χ0v) is 17.1. The molecule has 0 unspecified atom stereocenters. The summed E-state index contributed by atoms with van der Waals surface area (Å²) in [7, 11) is 0. The van der Waals surface area contributed by atoms with Gasteiger partial charge in [-0.25, -0.2) is 4.98 Å². The van der Waals surface area contributed by atoms with Crippen molar-refractivity contribution in [2.75, 3.05) is 5.32 Å². The van der Waals surface area contributed by atoms with Crippen molar-refractivity contribution in [3.63, 3.8) is 0 Å². The predicted molar refractivity (Wildman–Crippen MR) is 121 cm³/mol. The molecular formula is C22H14N4O5S. The van der Waals surface area contributed by atoms with Gasteiger partial charge in [0.1, 0.15) is 0 Å². The molecule has 9 nitrogen and oxygen atoms in total. The van der Waals surface area contributed by atoms with E-state index in [1.807, 2.05) is 30.3 Å². The number of nitrogens with zero attached hydrogens (tertiary/aromatic N) is 3. The highest BCUT2D eigenvalue weighted by Gasteiger charge is 2.18. The zero-order chi connectivity index (χ0) is 22.7. The largest absolute Gasteiger partial charge is 0.298 e. The standard InChI is InChI=1S/C22H14N4O5S/c27-21(16-8-12-18(13-9-16)26(30)31)24-22-23-19(14-6-10-17(11-7-14)25(28)29)20(32-22)15-4-2-1-3-5-15/h1-13H,(H,23,24,27). The Labute approximate surface area is 185 Å². The summed E-state index contributed by atoms with van der Waals surface area (Å²) in [5, 5.41) is 24.8. The van der Waals surface area contributed by atoms with Gasteiger partial charge in [-0.1, -0.05) is 41.7 Å². The van der Waals surface area contributed by atoms with Gasteiger partial charge in [-0.15, -0.1) is 0 Å². The van der Waals surface area contributed by atoms with Gasteiger partial charge < -0.3 is 0 Å². The van der Waals surface area contributed by atoms with E-state index >= 15 is 0 Å². The summed E-state index contributed by atoms with van der Waals surface area (Å²) < 4.78 is 0. The SMILES string of the molecule is O=C(Nc1nc(-c2ccc([N+](=O)[O-])cc2)c(-c2ccccc2)s1)c1ccc([N+](=O)[O-])cc1. The molecule has 0 radical (unpaired) electrons. The van der Waals surface area contributed by atoms with Crippen LogP contribution in [0.3, 0.4) is 0 Å². The maximum absolute atomic E-state index is 12.6. The van der Waals surface area contributed by atoms with E-state index in [0.29, 0.717) is 16.4 Å². The Bertz CT molecular complexity index is 1300. The fourth-order valence-electron chi connectivity index (χ4n) is 3.00. The lowest BCUT2D eigenvalue weighted by atomic mass is 10.1. The van der Waals surface area contributed by atoms with Crippen molar-refractivity contribution in [3.05, 3.63) is 105 Å². The van der Waals surface area contributed by atoms with Crippen molar-refractivity contribution >= 4 is 33.8 Å². The molecule has 0 saturated heterocycles. The lowest BCUT2D eigenvalue weighted by Crippen LogP contribution is -2.11. The molecule has 4 rings (SSSR count). The number of carbonyl (C=O) groups is 1. The molecule has 10 heteroatoms. The molecule has 0 atom stereocenters. The number of anilines is 1. The monoisotopic (exact) mass is 446 g/mol. The van der Waals surface area contributed by atoms with Crippen LogP contribution in [0.5, 0.6) is 0 Å². The molecule has 0 spiro atoms. The second-order valence-corrected chi connectivity index (χ2v) is 7.62. The van der Waals surface area contributed by atoms with E-state index in [0.717, 1.165) is 10.4 Å². The van der Waals surface area contributed by atoms with Crippen LogP contribution in [0.2, 0.25) is 0 Å². The zero-order valence-electron chi connectivity index (χ0n) is 16.3. The van der Waals surface area contributed by atoms with E-state index in [-0.39, 0.29) is 16.9 Å². The molecule has 0 aliphatic carbocycles. The summed E-state index contributed by atoms with van der Waals surface area (Å²) in [6.07, 6.45) is 0. The Morgan fingerprint density at radius 2 is 1.34 bits per heavy atom. The number of nitro benzene ring substituents is 2. The van der Waals surface area contributed by atoms with Crippen molar-refractivity contribution in [1.82, 2.24) is 4.98 Å². The number of aromatic nitrogens is 1. The molecule has 158 valence electrons.